The summed E-state index contributed by atoms with van der Waals surface area (Å²) in [6.45, 7) is 8.03. The average Bonchev–Trinajstić information content (AvgIpc) is 2.99. The van der Waals surface area contributed by atoms with Crippen LogP contribution >= 0.6 is 11.3 Å². The number of hydrogen-bond acceptors (Lipinski definition) is 3. The molecular weight excluding hydrogens is 228 g/mol. The molecule has 0 radical (unpaired) electrons. The topological polar surface area (TPSA) is 15.3 Å². The Morgan fingerprint density at radius 3 is 2.65 bits per heavy atom. The minimum Gasteiger partial charge on any atom is -0.315 e. The monoisotopic (exact) mass is 252 g/mol. The molecule has 0 unspecified atom stereocenters. The zero-order valence-electron chi connectivity index (χ0n) is 11.2. The maximum absolute atomic E-state index is 3.21. The van der Waals surface area contributed by atoms with E-state index in [0.29, 0.717) is 6.04 Å². The quantitative estimate of drug-likeness (QED) is 0.802. The van der Waals surface area contributed by atoms with E-state index in [1.165, 1.54) is 29.1 Å². The van der Waals surface area contributed by atoms with Crippen LogP contribution in [0, 0.1) is 5.92 Å². The number of nitrogens with one attached hydrogen (secondary N) is 1. The van der Waals surface area contributed by atoms with Gasteiger partial charge in [0.2, 0.25) is 0 Å². The summed E-state index contributed by atoms with van der Waals surface area (Å²) in [5, 5.41) is 3.21. The van der Waals surface area contributed by atoms with Crippen LogP contribution in [0.5, 0.6) is 0 Å². The fraction of sp³-hybridized carbons (Fsp3) is 0.714. The summed E-state index contributed by atoms with van der Waals surface area (Å²) < 4.78 is 0. The van der Waals surface area contributed by atoms with Crippen LogP contribution in [-0.2, 0) is 13.1 Å². The van der Waals surface area contributed by atoms with Gasteiger partial charge in [0, 0.05) is 35.4 Å². The van der Waals surface area contributed by atoms with Crippen molar-refractivity contribution in [1.29, 1.82) is 0 Å². The summed E-state index contributed by atoms with van der Waals surface area (Å²) in [7, 11) is 2.01. The van der Waals surface area contributed by atoms with E-state index in [1.54, 1.807) is 0 Å². The van der Waals surface area contributed by atoms with Crippen LogP contribution in [0.2, 0.25) is 0 Å². The van der Waals surface area contributed by atoms with Crippen LogP contribution in [-0.4, -0.2) is 24.5 Å². The van der Waals surface area contributed by atoms with Crippen LogP contribution < -0.4 is 5.32 Å². The Morgan fingerprint density at radius 1 is 1.35 bits per heavy atom. The summed E-state index contributed by atoms with van der Waals surface area (Å²) in [6, 6.07) is 5.21. The van der Waals surface area contributed by atoms with Gasteiger partial charge in [-0.05, 0) is 51.8 Å². The van der Waals surface area contributed by atoms with E-state index in [2.05, 4.69) is 36.2 Å². The van der Waals surface area contributed by atoms with Crippen LogP contribution in [0.25, 0.3) is 0 Å². The Morgan fingerprint density at radius 2 is 2.06 bits per heavy atom. The molecule has 0 spiro atoms. The highest BCUT2D eigenvalue weighted by Gasteiger charge is 2.25. The number of thiophene rings is 1. The minimum absolute atomic E-state index is 0.658. The van der Waals surface area contributed by atoms with Gasteiger partial charge in [0.15, 0.2) is 0 Å². The largest absolute Gasteiger partial charge is 0.315 e. The molecule has 0 atom stereocenters. The Kier molecular flexibility index (Phi) is 4.60. The molecule has 3 heteroatoms. The van der Waals surface area contributed by atoms with Crippen molar-refractivity contribution in [3.63, 3.8) is 0 Å². The molecule has 96 valence electrons. The normalized spacial score (nSPS) is 16.1. The van der Waals surface area contributed by atoms with Crippen molar-refractivity contribution in [3.05, 3.63) is 21.9 Å². The van der Waals surface area contributed by atoms with Crippen molar-refractivity contribution < 1.29 is 0 Å². The molecule has 1 aromatic heterocycles. The third-order valence-corrected chi connectivity index (χ3v) is 4.42. The van der Waals surface area contributed by atoms with Crippen LogP contribution in [0.1, 0.15) is 36.4 Å². The molecule has 1 heterocycles. The Labute approximate surface area is 109 Å². The van der Waals surface area contributed by atoms with Gasteiger partial charge in [0.1, 0.15) is 0 Å². The van der Waals surface area contributed by atoms with Crippen LogP contribution in [0.15, 0.2) is 12.1 Å². The lowest BCUT2D eigenvalue weighted by Crippen LogP contribution is -2.31. The lowest BCUT2D eigenvalue weighted by Gasteiger charge is -2.25. The molecule has 0 saturated heterocycles. The van der Waals surface area contributed by atoms with Crippen molar-refractivity contribution in [2.75, 3.05) is 13.6 Å². The predicted molar refractivity (Wildman–Crippen MR) is 75.4 cm³/mol. The lowest BCUT2D eigenvalue weighted by atomic mass is 10.2. The zero-order chi connectivity index (χ0) is 12.3. The maximum Gasteiger partial charge on any atom is 0.0330 e. The summed E-state index contributed by atoms with van der Waals surface area (Å²) in [5.74, 6) is 0.981. The Balaban J connectivity index is 1.90. The van der Waals surface area contributed by atoms with Gasteiger partial charge in [0.25, 0.3) is 0 Å². The molecule has 17 heavy (non-hydrogen) atoms. The highest BCUT2D eigenvalue weighted by molar-refractivity contribution is 7.11. The van der Waals surface area contributed by atoms with Crippen LogP contribution in [0.4, 0.5) is 0 Å². The number of rotatable bonds is 7. The van der Waals surface area contributed by atoms with Gasteiger partial charge < -0.3 is 5.32 Å². The van der Waals surface area contributed by atoms with Gasteiger partial charge in [0.05, 0.1) is 0 Å². The molecule has 1 aliphatic carbocycles. The third kappa shape index (κ3) is 4.09. The smallest absolute Gasteiger partial charge is 0.0330 e. The van der Waals surface area contributed by atoms with Gasteiger partial charge >= 0.3 is 0 Å². The summed E-state index contributed by atoms with van der Waals surface area (Å²) >= 11 is 1.95. The van der Waals surface area contributed by atoms with E-state index < -0.39 is 0 Å². The maximum atomic E-state index is 3.21. The predicted octanol–water partition coefficient (Wildman–Crippen LogP) is 3.09. The van der Waals surface area contributed by atoms with E-state index in [0.717, 1.165) is 19.0 Å². The molecule has 1 aromatic rings. The summed E-state index contributed by atoms with van der Waals surface area (Å²) in [6.07, 6.45) is 2.89. The molecule has 0 aliphatic heterocycles. The van der Waals surface area contributed by atoms with E-state index in [9.17, 15) is 0 Å². The lowest BCUT2D eigenvalue weighted by molar-refractivity contribution is 0.205. The molecule has 1 saturated carbocycles. The summed E-state index contributed by atoms with van der Waals surface area (Å²) in [5.41, 5.74) is 0. The fourth-order valence-electron chi connectivity index (χ4n) is 2.07. The Bertz CT molecular complexity index is 342. The first-order valence-corrected chi connectivity index (χ1v) is 7.47. The molecule has 2 nitrogen and oxygen atoms in total. The second-order valence-corrected chi connectivity index (χ2v) is 6.62. The van der Waals surface area contributed by atoms with Crippen molar-refractivity contribution in [2.24, 2.45) is 5.92 Å². The van der Waals surface area contributed by atoms with Crippen molar-refractivity contribution in [2.45, 2.75) is 45.8 Å². The summed E-state index contributed by atoms with van der Waals surface area (Å²) in [4.78, 5) is 5.56. The molecule has 0 bridgehead atoms. The first kappa shape index (κ1) is 13.1. The Hall–Kier alpha value is -0.380. The minimum atomic E-state index is 0.658. The van der Waals surface area contributed by atoms with E-state index in [-0.39, 0.29) is 0 Å². The molecule has 2 rings (SSSR count). The highest BCUT2D eigenvalue weighted by Crippen LogP contribution is 2.31. The first-order valence-electron chi connectivity index (χ1n) is 6.65. The third-order valence-electron chi connectivity index (χ3n) is 3.35. The van der Waals surface area contributed by atoms with Gasteiger partial charge in [-0.1, -0.05) is 0 Å². The highest BCUT2D eigenvalue weighted by atomic mass is 32.1. The van der Waals surface area contributed by atoms with Crippen molar-refractivity contribution >= 4 is 11.3 Å². The van der Waals surface area contributed by atoms with Crippen molar-refractivity contribution in [1.82, 2.24) is 10.2 Å². The average molecular weight is 252 g/mol. The van der Waals surface area contributed by atoms with E-state index >= 15 is 0 Å². The van der Waals surface area contributed by atoms with Crippen molar-refractivity contribution in [3.8, 4) is 0 Å². The van der Waals surface area contributed by atoms with Gasteiger partial charge in [-0.15, -0.1) is 11.3 Å². The first-order chi connectivity index (χ1) is 8.19. The second-order valence-electron chi connectivity index (χ2n) is 5.36. The zero-order valence-corrected chi connectivity index (χ0v) is 12.0. The van der Waals surface area contributed by atoms with Gasteiger partial charge in [-0.2, -0.15) is 0 Å². The van der Waals surface area contributed by atoms with E-state index in [4.69, 9.17) is 0 Å². The molecular formula is C14H24N2S. The van der Waals surface area contributed by atoms with Gasteiger partial charge in [-0.3, -0.25) is 4.90 Å². The van der Waals surface area contributed by atoms with Gasteiger partial charge in [-0.25, -0.2) is 0 Å². The molecule has 1 N–H and O–H groups in total. The molecule has 0 aromatic carbocycles. The molecule has 1 aliphatic rings. The second kappa shape index (κ2) is 5.98. The SMILES string of the molecule is CNCc1ccc(CN(CC2CC2)C(C)C)s1. The molecule has 0 amide bonds. The van der Waals surface area contributed by atoms with E-state index in [1.807, 2.05) is 18.4 Å². The number of hydrogen-bond donors (Lipinski definition) is 1. The fourth-order valence-corrected chi connectivity index (χ4v) is 3.12. The standard InChI is InChI=1S/C14H24N2S/c1-11(2)16(9-12-4-5-12)10-14-7-6-13(17-14)8-15-3/h6-7,11-12,15H,4-5,8-10H2,1-3H3. The van der Waals surface area contributed by atoms with Crippen LogP contribution in [0.3, 0.4) is 0 Å². The molecule has 1 fully saturated rings. The number of nitrogens with zero attached hydrogens (tertiary/aromatic N) is 1.